The predicted molar refractivity (Wildman–Crippen MR) is 120 cm³/mol. The van der Waals surface area contributed by atoms with Gasteiger partial charge in [-0.05, 0) is 30.9 Å². The van der Waals surface area contributed by atoms with Crippen LogP contribution in [0.3, 0.4) is 0 Å². The molecule has 1 aliphatic carbocycles. The van der Waals surface area contributed by atoms with Gasteiger partial charge in [0.1, 0.15) is 11.4 Å². The fraction of sp³-hybridized carbons (Fsp3) is 0.609. The van der Waals surface area contributed by atoms with Gasteiger partial charge < -0.3 is 23.6 Å². The van der Waals surface area contributed by atoms with Crippen molar-refractivity contribution >= 4 is 17.5 Å². The average molecular weight is 481 g/mol. The monoisotopic (exact) mass is 480 g/mol. The van der Waals surface area contributed by atoms with Gasteiger partial charge in [0.2, 0.25) is 11.8 Å². The van der Waals surface area contributed by atoms with Crippen LogP contribution in [0, 0.1) is 5.92 Å². The molecule has 2 aliphatic rings. The molecular weight excluding hydrogens is 450 g/mol. The van der Waals surface area contributed by atoms with Crippen LogP contribution in [0.2, 0.25) is 0 Å². The molecule has 11 heteroatoms. The zero-order valence-corrected chi connectivity index (χ0v) is 19.6. The number of aromatic nitrogens is 2. The van der Waals surface area contributed by atoms with E-state index in [1.807, 2.05) is 13.8 Å². The molecule has 4 rings (SSSR count). The van der Waals surface area contributed by atoms with Crippen molar-refractivity contribution in [2.75, 3.05) is 56.8 Å². The molecule has 0 radical (unpaired) electrons. The predicted octanol–water partition coefficient (Wildman–Crippen LogP) is 3.51. The first-order valence-electron chi connectivity index (χ1n) is 11.3. The van der Waals surface area contributed by atoms with Crippen molar-refractivity contribution in [1.29, 1.82) is 0 Å². The van der Waals surface area contributed by atoms with E-state index in [0.29, 0.717) is 43.7 Å². The highest BCUT2D eigenvalue weighted by Gasteiger charge is 2.45. The number of methoxy groups -OCH3 is 1. The smallest absolute Gasteiger partial charge is 0.282 e. The topological polar surface area (TPSA) is 99.0 Å². The van der Waals surface area contributed by atoms with Gasteiger partial charge in [-0.3, -0.25) is 10.1 Å². The standard InChI is InChI=1S/C23H30F2N4O5/c1-22(2,14-32-9-8-31-3)18-10-19(34-28-18)27-20(30)16-6-7-17(29-12-23(24,25)13-29)21(26-16)33-11-15-4-5-15/h6-7,10,15H,4-5,8-9,11-14H2,1-3H3,(H,27,30). The lowest BCUT2D eigenvalue weighted by Gasteiger charge is -2.40. The number of pyridine rings is 1. The summed E-state index contributed by atoms with van der Waals surface area (Å²) in [6, 6.07) is 4.71. The Morgan fingerprint density at radius 3 is 2.74 bits per heavy atom. The summed E-state index contributed by atoms with van der Waals surface area (Å²) in [6.45, 7) is 4.91. The van der Waals surface area contributed by atoms with Crippen molar-refractivity contribution < 1.29 is 32.3 Å². The molecule has 0 spiro atoms. The van der Waals surface area contributed by atoms with Crippen molar-refractivity contribution in [1.82, 2.24) is 10.1 Å². The summed E-state index contributed by atoms with van der Waals surface area (Å²) in [5.41, 5.74) is 0.723. The average Bonchev–Trinajstić information content (AvgIpc) is 3.49. The number of anilines is 2. The van der Waals surface area contributed by atoms with Gasteiger partial charge in [-0.15, -0.1) is 0 Å². The normalized spacial score (nSPS) is 17.4. The van der Waals surface area contributed by atoms with Crippen LogP contribution < -0.4 is 15.0 Å². The van der Waals surface area contributed by atoms with Crippen molar-refractivity contribution in [3.63, 3.8) is 0 Å². The number of hydrogen-bond donors (Lipinski definition) is 1. The maximum absolute atomic E-state index is 13.4. The van der Waals surface area contributed by atoms with Gasteiger partial charge in [0, 0.05) is 18.6 Å². The molecule has 3 heterocycles. The second-order valence-corrected chi connectivity index (χ2v) is 9.45. The second kappa shape index (κ2) is 9.83. The molecular formula is C23H30F2N4O5. The van der Waals surface area contributed by atoms with E-state index < -0.39 is 30.3 Å². The van der Waals surface area contributed by atoms with Crippen molar-refractivity contribution in [2.24, 2.45) is 5.92 Å². The van der Waals surface area contributed by atoms with Crippen LogP contribution in [0.15, 0.2) is 22.7 Å². The first kappa shape index (κ1) is 24.3. The Morgan fingerprint density at radius 2 is 2.06 bits per heavy atom. The van der Waals surface area contributed by atoms with Crippen LogP contribution in [0.4, 0.5) is 20.4 Å². The summed E-state index contributed by atoms with van der Waals surface area (Å²) < 4.78 is 48.4. The van der Waals surface area contributed by atoms with E-state index in [-0.39, 0.29) is 17.5 Å². The van der Waals surface area contributed by atoms with E-state index in [1.165, 1.54) is 11.0 Å². The van der Waals surface area contributed by atoms with Crippen LogP contribution in [-0.2, 0) is 14.9 Å². The largest absolute Gasteiger partial charge is 0.476 e. The van der Waals surface area contributed by atoms with E-state index in [1.54, 1.807) is 19.2 Å². The molecule has 9 nitrogen and oxygen atoms in total. The van der Waals surface area contributed by atoms with Crippen LogP contribution in [0.1, 0.15) is 42.9 Å². The molecule has 2 aromatic heterocycles. The fourth-order valence-electron chi connectivity index (χ4n) is 3.44. The Hall–Kier alpha value is -2.79. The third-order valence-corrected chi connectivity index (χ3v) is 5.75. The number of rotatable bonds is 12. The number of alkyl halides is 2. The number of amides is 1. The summed E-state index contributed by atoms with van der Waals surface area (Å²) in [6.07, 6.45) is 2.14. The quantitative estimate of drug-likeness (QED) is 0.461. The van der Waals surface area contributed by atoms with Gasteiger partial charge in [0.25, 0.3) is 11.8 Å². The zero-order valence-electron chi connectivity index (χ0n) is 19.6. The lowest BCUT2D eigenvalue weighted by molar-refractivity contribution is -0.0265. The third kappa shape index (κ3) is 6.01. The molecule has 0 bridgehead atoms. The molecule has 1 aliphatic heterocycles. The lowest BCUT2D eigenvalue weighted by atomic mass is 9.90. The summed E-state index contributed by atoms with van der Waals surface area (Å²) in [5, 5.41) is 6.69. The van der Waals surface area contributed by atoms with Gasteiger partial charge in [-0.1, -0.05) is 19.0 Å². The summed E-state index contributed by atoms with van der Waals surface area (Å²) >= 11 is 0. The van der Waals surface area contributed by atoms with E-state index in [2.05, 4.69) is 15.5 Å². The zero-order chi connectivity index (χ0) is 24.3. The molecule has 34 heavy (non-hydrogen) atoms. The number of carbonyl (C=O) groups is 1. The fourth-order valence-corrected chi connectivity index (χ4v) is 3.44. The number of nitrogens with one attached hydrogen (secondary N) is 1. The molecule has 0 aromatic carbocycles. The van der Waals surface area contributed by atoms with E-state index >= 15 is 0 Å². The minimum Gasteiger partial charge on any atom is -0.476 e. The molecule has 0 unspecified atom stereocenters. The highest BCUT2D eigenvalue weighted by molar-refractivity contribution is 6.02. The maximum Gasteiger partial charge on any atom is 0.282 e. The SMILES string of the molecule is COCCOCC(C)(C)c1cc(NC(=O)c2ccc(N3CC(F)(F)C3)c(OCC3CC3)n2)on1. The molecule has 2 fully saturated rings. The lowest BCUT2D eigenvalue weighted by Crippen LogP contribution is -2.56. The Balaban J connectivity index is 1.42. The van der Waals surface area contributed by atoms with Gasteiger partial charge in [-0.2, -0.15) is 0 Å². The van der Waals surface area contributed by atoms with Crippen LogP contribution in [-0.4, -0.2) is 68.6 Å². The van der Waals surface area contributed by atoms with Crippen molar-refractivity contribution in [3.8, 4) is 5.88 Å². The Bertz CT molecular complexity index is 1000. The van der Waals surface area contributed by atoms with E-state index in [0.717, 1.165) is 12.8 Å². The number of halogens is 2. The Kier molecular flexibility index (Phi) is 7.04. The Morgan fingerprint density at radius 1 is 1.29 bits per heavy atom. The Labute approximate surface area is 196 Å². The summed E-state index contributed by atoms with van der Waals surface area (Å²) in [5.74, 6) is -2.45. The van der Waals surface area contributed by atoms with Crippen molar-refractivity contribution in [2.45, 2.75) is 38.0 Å². The number of hydrogen-bond acceptors (Lipinski definition) is 8. The van der Waals surface area contributed by atoms with Gasteiger partial charge in [0.15, 0.2) is 0 Å². The first-order chi connectivity index (χ1) is 16.2. The van der Waals surface area contributed by atoms with Crippen LogP contribution >= 0.6 is 0 Å². The minimum absolute atomic E-state index is 0.0851. The third-order valence-electron chi connectivity index (χ3n) is 5.75. The number of ether oxygens (including phenoxy) is 3. The highest BCUT2D eigenvalue weighted by atomic mass is 19.3. The summed E-state index contributed by atoms with van der Waals surface area (Å²) in [4.78, 5) is 18.6. The van der Waals surface area contributed by atoms with Crippen LogP contribution in [0.5, 0.6) is 5.88 Å². The molecule has 1 N–H and O–H groups in total. The maximum atomic E-state index is 13.4. The molecule has 2 aromatic rings. The summed E-state index contributed by atoms with van der Waals surface area (Å²) in [7, 11) is 1.61. The van der Waals surface area contributed by atoms with Gasteiger partial charge >= 0.3 is 0 Å². The van der Waals surface area contributed by atoms with Gasteiger partial charge in [0.05, 0.1) is 45.2 Å². The molecule has 1 saturated heterocycles. The second-order valence-electron chi connectivity index (χ2n) is 9.45. The minimum atomic E-state index is -2.73. The highest BCUT2D eigenvalue weighted by Crippen LogP contribution is 2.38. The van der Waals surface area contributed by atoms with E-state index in [4.69, 9.17) is 18.7 Å². The molecule has 1 amide bonds. The first-order valence-corrected chi connectivity index (χ1v) is 11.3. The molecule has 186 valence electrons. The number of carbonyl (C=O) groups excluding carboxylic acids is 1. The van der Waals surface area contributed by atoms with Crippen LogP contribution in [0.25, 0.3) is 0 Å². The molecule has 0 atom stereocenters. The van der Waals surface area contributed by atoms with Crippen molar-refractivity contribution in [3.05, 3.63) is 29.6 Å². The van der Waals surface area contributed by atoms with E-state index in [9.17, 15) is 13.6 Å². The number of nitrogens with zero attached hydrogens (tertiary/aromatic N) is 3. The molecule has 1 saturated carbocycles. The van der Waals surface area contributed by atoms with Gasteiger partial charge in [-0.25, -0.2) is 13.8 Å².